The average Bonchev–Trinajstić information content (AvgIpc) is 3.29. The zero-order chi connectivity index (χ0) is 20.5. The van der Waals surface area contributed by atoms with Gasteiger partial charge in [0.1, 0.15) is 5.75 Å². The molecular formula is C23H30N4O2. The van der Waals surface area contributed by atoms with E-state index in [1.807, 2.05) is 48.5 Å². The number of rotatable bonds is 7. The van der Waals surface area contributed by atoms with E-state index in [4.69, 9.17) is 4.74 Å². The van der Waals surface area contributed by atoms with E-state index in [-0.39, 0.29) is 11.8 Å². The van der Waals surface area contributed by atoms with Crippen molar-refractivity contribution in [1.29, 1.82) is 0 Å². The van der Waals surface area contributed by atoms with Crippen molar-refractivity contribution in [3.63, 3.8) is 0 Å². The van der Waals surface area contributed by atoms with Crippen LogP contribution < -0.4 is 20.7 Å². The van der Waals surface area contributed by atoms with Gasteiger partial charge in [0.25, 0.3) is 0 Å². The van der Waals surface area contributed by atoms with E-state index in [1.165, 1.54) is 0 Å². The number of anilines is 1. The van der Waals surface area contributed by atoms with Gasteiger partial charge in [-0.25, -0.2) is 0 Å². The van der Waals surface area contributed by atoms with Gasteiger partial charge in [-0.05, 0) is 36.6 Å². The predicted octanol–water partition coefficient (Wildman–Crippen LogP) is 3.69. The zero-order valence-corrected chi connectivity index (χ0v) is 17.2. The van der Waals surface area contributed by atoms with Gasteiger partial charge in [0.15, 0.2) is 5.96 Å². The predicted molar refractivity (Wildman–Crippen MR) is 117 cm³/mol. The van der Waals surface area contributed by atoms with Crippen molar-refractivity contribution in [1.82, 2.24) is 10.6 Å². The van der Waals surface area contributed by atoms with Gasteiger partial charge in [-0.2, -0.15) is 0 Å². The Morgan fingerprint density at radius 3 is 2.59 bits per heavy atom. The molecule has 0 spiro atoms. The van der Waals surface area contributed by atoms with Crippen molar-refractivity contribution in [2.75, 3.05) is 19.5 Å². The summed E-state index contributed by atoms with van der Waals surface area (Å²) in [4.78, 5) is 16.6. The minimum absolute atomic E-state index is 0.141. The molecule has 6 heteroatoms. The third-order valence-corrected chi connectivity index (χ3v) is 5.24. The Hall–Kier alpha value is -3.02. The van der Waals surface area contributed by atoms with Gasteiger partial charge in [0.05, 0.1) is 7.11 Å². The molecule has 0 atom stereocenters. The molecule has 1 aliphatic rings. The smallest absolute Gasteiger partial charge is 0.227 e. The van der Waals surface area contributed by atoms with Crippen molar-refractivity contribution in [3.05, 3.63) is 59.7 Å². The number of aliphatic imine (C=N–C) groups is 1. The molecule has 1 amide bonds. The summed E-state index contributed by atoms with van der Waals surface area (Å²) < 4.78 is 5.39. The summed E-state index contributed by atoms with van der Waals surface area (Å²) in [7, 11) is 3.42. The Labute approximate surface area is 172 Å². The highest BCUT2D eigenvalue weighted by molar-refractivity contribution is 5.92. The topological polar surface area (TPSA) is 74.8 Å². The monoisotopic (exact) mass is 394 g/mol. The van der Waals surface area contributed by atoms with Crippen LogP contribution in [-0.4, -0.2) is 26.0 Å². The number of methoxy groups -OCH3 is 1. The Kier molecular flexibility index (Phi) is 7.50. The normalized spacial score (nSPS) is 14.5. The Balaban J connectivity index is 1.52. The molecule has 0 saturated heterocycles. The first kappa shape index (κ1) is 20.7. The standard InChI is InChI=1S/C23H30N4O2/c1-24-23(26-16-19-11-5-6-13-21(19)29-2)25-15-17-8-7-12-20(14-17)27-22(28)18-9-3-4-10-18/h5-8,11-14,18H,3-4,9-10,15-16H2,1-2H3,(H,27,28)(H2,24,25,26). The molecule has 1 aliphatic carbocycles. The molecule has 1 saturated carbocycles. The van der Waals surface area contributed by atoms with E-state index in [9.17, 15) is 4.79 Å². The molecule has 0 bridgehead atoms. The lowest BCUT2D eigenvalue weighted by Crippen LogP contribution is -2.36. The maximum Gasteiger partial charge on any atom is 0.227 e. The molecule has 0 aliphatic heterocycles. The largest absolute Gasteiger partial charge is 0.496 e. The van der Waals surface area contributed by atoms with Crippen LogP contribution >= 0.6 is 0 Å². The van der Waals surface area contributed by atoms with E-state index in [0.717, 1.165) is 48.2 Å². The van der Waals surface area contributed by atoms with Crippen molar-refractivity contribution >= 4 is 17.6 Å². The summed E-state index contributed by atoms with van der Waals surface area (Å²) in [6.45, 7) is 1.22. The van der Waals surface area contributed by atoms with E-state index >= 15 is 0 Å². The number of benzene rings is 2. The molecule has 1 fully saturated rings. The van der Waals surface area contributed by atoms with Gasteiger partial charge in [-0.1, -0.05) is 43.2 Å². The fraction of sp³-hybridized carbons (Fsp3) is 0.391. The average molecular weight is 395 g/mol. The highest BCUT2D eigenvalue weighted by Gasteiger charge is 2.22. The summed E-state index contributed by atoms with van der Waals surface area (Å²) in [5.41, 5.74) is 2.99. The molecule has 3 N–H and O–H groups in total. The summed E-state index contributed by atoms with van der Waals surface area (Å²) >= 11 is 0. The van der Waals surface area contributed by atoms with Crippen LogP contribution in [0.4, 0.5) is 5.69 Å². The Morgan fingerprint density at radius 2 is 1.83 bits per heavy atom. The van der Waals surface area contributed by atoms with Crippen molar-refractivity contribution in [3.8, 4) is 5.75 Å². The lowest BCUT2D eigenvalue weighted by Gasteiger charge is -2.15. The maximum atomic E-state index is 12.3. The number of carbonyl (C=O) groups is 1. The molecule has 0 radical (unpaired) electrons. The first-order valence-electron chi connectivity index (χ1n) is 10.2. The molecule has 2 aromatic carbocycles. The molecule has 0 aromatic heterocycles. The lowest BCUT2D eigenvalue weighted by atomic mass is 10.1. The number of nitrogens with one attached hydrogen (secondary N) is 3. The molecule has 6 nitrogen and oxygen atoms in total. The quantitative estimate of drug-likeness (QED) is 0.495. The third kappa shape index (κ3) is 5.98. The van der Waals surface area contributed by atoms with E-state index in [2.05, 4.69) is 20.9 Å². The second-order valence-corrected chi connectivity index (χ2v) is 7.26. The van der Waals surface area contributed by atoms with Gasteiger partial charge >= 0.3 is 0 Å². The zero-order valence-electron chi connectivity index (χ0n) is 17.2. The number of hydrogen-bond donors (Lipinski definition) is 3. The van der Waals surface area contributed by atoms with Crippen LogP contribution in [0, 0.1) is 5.92 Å². The van der Waals surface area contributed by atoms with Crippen LogP contribution in [0.5, 0.6) is 5.75 Å². The Bertz CT molecular complexity index is 844. The number of guanidine groups is 1. The molecular weight excluding hydrogens is 364 g/mol. The third-order valence-electron chi connectivity index (χ3n) is 5.24. The molecule has 154 valence electrons. The fourth-order valence-electron chi connectivity index (χ4n) is 3.63. The van der Waals surface area contributed by atoms with Crippen molar-refractivity contribution < 1.29 is 9.53 Å². The van der Waals surface area contributed by atoms with Crippen LogP contribution in [0.1, 0.15) is 36.8 Å². The van der Waals surface area contributed by atoms with Gasteiger partial charge in [0, 0.05) is 37.3 Å². The number of carbonyl (C=O) groups excluding carboxylic acids is 1. The van der Waals surface area contributed by atoms with E-state index < -0.39 is 0 Å². The minimum Gasteiger partial charge on any atom is -0.496 e. The first-order valence-corrected chi connectivity index (χ1v) is 10.2. The van der Waals surface area contributed by atoms with Crippen molar-refractivity contribution in [2.24, 2.45) is 10.9 Å². The summed E-state index contributed by atoms with van der Waals surface area (Å²) in [6, 6.07) is 15.8. The van der Waals surface area contributed by atoms with Crippen LogP contribution in [-0.2, 0) is 17.9 Å². The SMILES string of the molecule is CN=C(NCc1cccc(NC(=O)C2CCCC2)c1)NCc1ccccc1OC. The van der Waals surface area contributed by atoms with Crippen LogP contribution in [0.2, 0.25) is 0 Å². The second kappa shape index (κ2) is 10.5. The van der Waals surface area contributed by atoms with Gasteiger partial charge in [0.2, 0.25) is 5.91 Å². The maximum absolute atomic E-state index is 12.3. The van der Waals surface area contributed by atoms with E-state index in [1.54, 1.807) is 14.2 Å². The highest BCUT2D eigenvalue weighted by atomic mass is 16.5. The van der Waals surface area contributed by atoms with Crippen LogP contribution in [0.3, 0.4) is 0 Å². The molecule has 0 unspecified atom stereocenters. The second-order valence-electron chi connectivity index (χ2n) is 7.26. The van der Waals surface area contributed by atoms with Gasteiger partial charge in [-0.15, -0.1) is 0 Å². The lowest BCUT2D eigenvalue weighted by molar-refractivity contribution is -0.119. The van der Waals surface area contributed by atoms with Gasteiger partial charge in [-0.3, -0.25) is 9.79 Å². The number of para-hydroxylation sites is 1. The van der Waals surface area contributed by atoms with E-state index in [0.29, 0.717) is 19.0 Å². The molecule has 0 heterocycles. The minimum atomic E-state index is 0.141. The fourth-order valence-corrected chi connectivity index (χ4v) is 3.63. The van der Waals surface area contributed by atoms with Gasteiger partial charge < -0.3 is 20.7 Å². The first-order chi connectivity index (χ1) is 14.2. The summed E-state index contributed by atoms with van der Waals surface area (Å²) in [6.07, 6.45) is 4.31. The van der Waals surface area contributed by atoms with Crippen LogP contribution in [0.25, 0.3) is 0 Å². The number of nitrogens with zero attached hydrogens (tertiary/aromatic N) is 1. The highest BCUT2D eigenvalue weighted by Crippen LogP contribution is 2.26. The molecule has 29 heavy (non-hydrogen) atoms. The Morgan fingerprint density at radius 1 is 1.07 bits per heavy atom. The molecule has 2 aromatic rings. The summed E-state index contributed by atoms with van der Waals surface area (Å²) in [5.74, 6) is 1.86. The number of hydrogen-bond acceptors (Lipinski definition) is 3. The number of amides is 1. The summed E-state index contributed by atoms with van der Waals surface area (Å²) in [5, 5.41) is 9.68. The molecule has 3 rings (SSSR count). The van der Waals surface area contributed by atoms with Crippen molar-refractivity contribution in [2.45, 2.75) is 38.8 Å². The van der Waals surface area contributed by atoms with Crippen LogP contribution in [0.15, 0.2) is 53.5 Å². The number of ether oxygens (including phenoxy) is 1.